The summed E-state index contributed by atoms with van der Waals surface area (Å²) in [5.41, 5.74) is 0.903. The molecule has 4 heterocycles. The molecule has 0 radical (unpaired) electrons. The molecule has 156 valence electrons. The summed E-state index contributed by atoms with van der Waals surface area (Å²) in [5.74, 6) is 1.64. The summed E-state index contributed by atoms with van der Waals surface area (Å²) in [7, 11) is 0. The van der Waals surface area contributed by atoms with E-state index in [9.17, 15) is 0 Å². The lowest BCUT2D eigenvalue weighted by atomic mass is 10.0. The lowest BCUT2D eigenvalue weighted by Gasteiger charge is -2.25. The Morgan fingerprint density at radius 1 is 1.06 bits per heavy atom. The Kier molecular flexibility index (Phi) is 5.72. The number of thiocarbonyl (C=S) groups is 1. The maximum Gasteiger partial charge on any atom is 0.170 e. The van der Waals surface area contributed by atoms with E-state index >= 15 is 0 Å². The van der Waals surface area contributed by atoms with Crippen LogP contribution in [0.25, 0.3) is 0 Å². The number of aromatic nitrogens is 1. The van der Waals surface area contributed by atoms with Crippen LogP contribution in [-0.4, -0.2) is 15.0 Å². The molecular formula is C23H18ClN3O2S2. The number of hydrogen-bond acceptors (Lipinski definition) is 5. The first-order valence-electron chi connectivity index (χ1n) is 9.71. The largest absolute Gasteiger partial charge is 0.467 e. The first-order chi connectivity index (χ1) is 15.2. The third kappa shape index (κ3) is 4.35. The predicted molar refractivity (Wildman–Crippen MR) is 124 cm³/mol. The molecule has 1 fully saturated rings. The molecule has 0 spiro atoms. The molecule has 4 aromatic rings. The second-order valence-corrected chi connectivity index (χ2v) is 8.95. The number of hydrogen-bond donors (Lipinski definition) is 1. The molecule has 0 unspecified atom stereocenters. The van der Waals surface area contributed by atoms with Gasteiger partial charge in [0.1, 0.15) is 17.6 Å². The highest BCUT2D eigenvalue weighted by Gasteiger charge is 2.42. The number of rotatable bonds is 6. The van der Waals surface area contributed by atoms with Gasteiger partial charge in [-0.3, -0.25) is 4.98 Å². The third-order valence-electron chi connectivity index (χ3n) is 5.03. The maximum absolute atomic E-state index is 6.28. The molecule has 1 N–H and O–H groups in total. The first kappa shape index (κ1) is 20.2. The Labute approximate surface area is 194 Å². The molecule has 5 nitrogen and oxygen atoms in total. The van der Waals surface area contributed by atoms with Crippen molar-refractivity contribution < 1.29 is 8.83 Å². The van der Waals surface area contributed by atoms with Crippen molar-refractivity contribution in [3.05, 3.63) is 101 Å². The number of furan rings is 2. The fourth-order valence-electron chi connectivity index (χ4n) is 3.62. The van der Waals surface area contributed by atoms with Gasteiger partial charge in [-0.05, 0) is 72.9 Å². The van der Waals surface area contributed by atoms with Crippen molar-refractivity contribution in [2.75, 3.05) is 0 Å². The maximum atomic E-state index is 6.28. The normalized spacial score (nSPS) is 18.4. The van der Waals surface area contributed by atoms with Crippen LogP contribution < -0.4 is 5.32 Å². The number of benzene rings is 1. The van der Waals surface area contributed by atoms with Crippen LogP contribution in [0.5, 0.6) is 0 Å². The van der Waals surface area contributed by atoms with E-state index in [0.29, 0.717) is 16.7 Å². The van der Waals surface area contributed by atoms with Crippen molar-refractivity contribution in [1.82, 2.24) is 15.2 Å². The third-order valence-corrected chi connectivity index (χ3v) is 6.56. The van der Waals surface area contributed by atoms with Crippen LogP contribution in [0.3, 0.4) is 0 Å². The van der Waals surface area contributed by atoms with Crippen molar-refractivity contribution in [3.63, 3.8) is 0 Å². The van der Waals surface area contributed by atoms with Crippen molar-refractivity contribution in [2.45, 2.75) is 28.6 Å². The predicted octanol–water partition coefficient (Wildman–Crippen LogP) is 6.24. The van der Waals surface area contributed by atoms with Crippen molar-refractivity contribution in [2.24, 2.45) is 0 Å². The standard InChI is InChI=1S/C23H18ClN3O2S2/c24-15-6-8-17(9-7-15)31-20-11-10-19(29-20)22-21(18-5-1-2-12-25-18)26-23(30)27(22)14-16-4-3-13-28-16/h1-13,21-22H,14H2,(H,26,30)/t21-,22-/m1/s1. The second-order valence-electron chi connectivity index (χ2n) is 7.05. The molecule has 0 bridgehead atoms. The Morgan fingerprint density at radius 3 is 2.68 bits per heavy atom. The second kappa shape index (κ2) is 8.78. The number of nitrogens with one attached hydrogen (secondary N) is 1. The van der Waals surface area contributed by atoms with E-state index in [4.69, 9.17) is 32.7 Å². The van der Waals surface area contributed by atoms with Gasteiger partial charge in [0.15, 0.2) is 10.2 Å². The molecule has 1 aliphatic rings. The van der Waals surface area contributed by atoms with Crippen molar-refractivity contribution in [1.29, 1.82) is 0 Å². The van der Waals surface area contributed by atoms with Gasteiger partial charge in [-0.1, -0.05) is 29.4 Å². The molecule has 1 saturated heterocycles. The fourth-order valence-corrected chi connectivity index (χ4v) is 4.83. The monoisotopic (exact) mass is 467 g/mol. The quantitative estimate of drug-likeness (QED) is 0.336. The van der Waals surface area contributed by atoms with E-state index in [-0.39, 0.29) is 12.1 Å². The van der Waals surface area contributed by atoms with Gasteiger partial charge in [-0.15, -0.1) is 0 Å². The fraction of sp³-hybridized carbons (Fsp3) is 0.130. The van der Waals surface area contributed by atoms with Crippen LogP contribution in [0.4, 0.5) is 0 Å². The first-order valence-corrected chi connectivity index (χ1v) is 11.3. The number of nitrogens with zero attached hydrogens (tertiary/aromatic N) is 2. The highest BCUT2D eigenvalue weighted by atomic mass is 35.5. The lowest BCUT2D eigenvalue weighted by Crippen LogP contribution is -2.28. The van der Waals surface area contributed by atoms with Gasteiger partial charge >= 0.3 is 0 Å². The summed E-state index contributed by atoms with van der Waals surface area (Å²) in [4.78, 5) is 7.69. The number of halogens is 1. The minimum absolute atomic E-state index is 0.136. The molecule has 1 aromatic carbocycles. The van der Waals surface area contributed by atoms with E-state index in [0.717, 1.165) is 27.2 Å². The average molecular weight is 468 g/mol. The van der Waals surface area contributed by atoms with Crippen molar-refractivity contribution >= 4 is 40.7 Å². The van der Waals surface area contributed by atoms with E-state index in [2.05, 4.69) is 15.2 Å². The van der Waals surface area contributed by atoms with E-state index in [1.807, 2.05) is 66.7 Å². The minimum atomic E-state index is -0.160. The Bertz CT molecular complexity index is 1160. The molecule has 0 amide bonds. The van der Waals surface area contributed by atoms with E-state index < -0.39 is 0 Å². The Morgan fingerprint density at radius 2 is 1.94 bits per heavy atom. The van der Waals surface area contributed by atoms with Crippen molar-refractivity contribution in [3.8, 4) is 0 Å². The van der Waals surface area contributed by atoms with Crippen LogP contribution in [-0.2, 0) is 6.54 Å². The SMILES string of the molecule is S=C1N[C@H](c2ccccn2)[C@@H](c2ccc(Sc3ccc(Cl)cc3)o2)N1Cc1ccco1. The lowest BCUT2D eigenvalue weighted by molar-refractivity contribution is 0.241. The summed E-state index contributed by atoms with van der Waals surface area (Å²) in [6, 6.07) is 21.1. The summed E-state index contributed by atoms with van der Waals surface area (Å²) in [6.07, 6.45) is 3.46. The van der Waals surface area contributed by atoms with Crippen LogP contribution >= 0.6 is 35.6 Å². The van der Waals surface area contributed by atoms with Gasteiger partial charge in [0.25, 0.3) is 0 Å². The molecule has 0 aliphatic carbocycles. The highest BCUT2D eigenvalue weighted by molar-refractivity contribution is 7.99. The molecule has 5 rings (SSSR count). The zero-order valence-corrected chi connectivity index (χ0v) is 18.7. The summed E-state index contributed by atoms with van der Waals surface area (Å²) in [6.45, 7) is 0.535. The van der Waals surface area contributed by atoms with Crippen LogP contribution in [0, 0.1) is 0 Å². The van der Waals surface area contributed by atoms with Gasteiger partial charge in [0.2, 0.25) is 0 Å². The van der Waals surface area contributed by atoms with Crippen LogP contribution in [0.1, 0.15) is 29.3 Å². The summed E-state index contributed by atoms with van der Waals surface area (Å²) in [5, 5.41) is 5.57. The Hall–Kier alpha value is -2.74. The molecule has 1 aliphatic heterocycles. The van der Waals surface area contributed by atoms with Crippen LogP contribution in [0.2, 0.25) is 5.02 Å². The zero-order chi connectivity index (χ0) is 21.2. The number of pyridine rings is 1. The molecule has 0 saturated carbocycles. The zero-order valence-electron chi connectivity index (χ0n) is 16.3. The molecule has 2 atom stereocenters. The Balaban J connectivity index is 1.46. The summed E-state index contributed by atoms with van der Waals surface area (Å²) < 4.78 is 11.9. The van der Waals surface area contributed by atoms with Gasteiger partial charge < -0.3 is 19.1 Å². The minimum Gasteiger partial charge on any atom is -0.467 e. The smallest absolute Gasteiger partial charge is 0.170 e. The molecule has 3 aromatic heterocycles. The molecule has 8 heteroatoms. The van der Waals surface area contributed by atoms with Gasteiger partial charge in [0, 0.05) is 16.1 Å². The van der Waals surface area contributed by atoms with E-state index in [1.165, 1.54) is 0 Å². The highest BCUT2D eigenvalue weighted by Crippen LogP contribution is 2.42. The average Bonchev–Trinajstić information content (AvgIpc) is 3.52. The molecular weight excluding hydrogens is 450 g/mol. The van der Waals surface area contributed by atoms with Gasteiger partial charge in [-0.2, -0.15) is 0 Å². The van der Waals surface area contributed by atoms with E-state index in [1.54, 1.807) is 24.2 Å². The van der Waals surface area contributed by atoms with Gasteiger partial charge in [0.05, 0.1) is 24.5 Å². The summed E-state index contributed by atoms with van der Waals surface area (Å²) >= 11 is 13.2. The van der Waals surface area contributed by atoms with Gasteiger partial charge in [-0.25, -0.2) is 0 Å². The topological polar surface area (TPSA) is 54.4 Å². The molecule has 31 heavy (non-hydrogen) atoms. The van der Waals surface area contributed by atoms with Crippen LogP contribution in [0.15, 0.2) is 98.0 Å².